The van der Waals surface area contributed by atoms with Gasteiger partial charge in [-0.25, -0.2) is 8.78 Å². The van der Waals surface area contributed by atoms with Crippen molar-refractivity contribution in [2.45, 2.75) is 104 Å². The number of carbonyl (C=O) groups is 1. The van der Waals surface area contributed by atoms with Gasteiger partial charge in [0.15, 0.2) is 11.6 Å². The lowest BCUT2D eigenvalue weighted by Gasteiger charge is -2.36. The van der Waals surface area contributed by atoms with Crippen LogP contribution in [0.15, 0.2) is 18.2 Å². The average molecular weight is 437 g/mol. The Morgan fingerprint density at radius 1 is 1.03 bits per heavy atom. The average Bonchev–Trinajstić information content (AvgIpc) is 3.52. The van der Waals surface area contributed by atoms with Crippen LogP contribution in [0.3, 0.4) is 0 Å². The van der Waals surface area contributed by atoms with E-state index in [9.17, 15) is 13.6 Å². The monoisotopic (exact) mass is 436 g/mol. The summed E-state index contributed by atoms with van der Waals surface area (Å²) >= 11 is 0. The fourth-order valence-electron chi connectivity index (χ4n) is 4.73. The standard InChI is InChI=1S/C20H26F2O2.C7H16/c1-11(2)14-6-4-12(3)8-19(14)24-20(23)16-10-15(16)13-5-7-17(21)18(22)9-13;1-3-5-7-6-4-2/h5,7,9,11-12,14-16,19H,4,6,8,10H2,1-3H3;3-7H2,1-2H3/t12?,14?,15-,16+,19?;/m0./s1. The molecule has 3 unspecified atom stereocenters. The van der Waals surface area contributed by atoms with Gasteiger partial charge in [0.1, 0.15) is 6.10 Å². The Morgan fingerprint density at radius 2 is 1.71 bits per heavy atom. The summed E-state index contributed by atoms with van der Waals surface area (Å²) in [7, 11) is 0. The molecule has 0 aliphatic heterocycles. The number of rotatable bonds is 8. The Hall–Kier alpha value is -1.45. The van der Waals surface area contributed by atoms with Crippen LogP contribution in [0.5, 0.6) is 0 Å². The van der Waals surface area contributed by atoms with Crippen LogP contribution >= 0.6 is 0 Å². The normalized spacial score (nSPS) is 27.4. The maximum Gasteiger partial charge on any atom is 0.309 e. The summed E-state index contributed by atoms with van der Waals surface area (Å²) in [5.74, 6) is -0.622. The van der Waals surface area contributed by atoms with E-state index < -0.39 is 11.6 Å². The van der Waals surface area contributed by atoms with Crippen LogP contribution in [0.25, 0.3) is 0 Å². The maximum atomic E-state index is 13.4. The summed E-state index contributed by atoms with van der Waals surface area (Å²) in [5, 5.41) is 0. The Balaban J connectivity index is 0.000000423. The number of halogens is 2. The summed E-state index contributed by atoms with van der Waals surface area (Å²) in [6.45, 7) is 11.1. The van der Waals surface area contributed by atoms with Crippen molar-refractivity contribution in [2.75, 3.05) is 0 Å². The van der Waals surface area contributed by atoms with Crippen LogP contribution in [0.4, 0.5) is 8.78 Å². The lowest BCUT2D eigenvalue weighted by atomic mass is 9.75. The minimum Gasteiger partial charge on any atom is -0.462 e. The Labute approximate surface area is 188 Å². The zero-order valence-corrected chi connectivity index (χ0v) is 20.1. The first kappa shape index (κ1) is 25.8. The quantitative estimate of drug-likeness (QED) is 0.304. The first-order chi connectivity index (χ1) is 14.8. The van der Waals surface area contributed by atoms with Crippen molar-refractivity contribution in [3.05, 3.63) is 35.4 Å². The van der Waals surface area contributed by atoms with E-state index in [0.29, 0.717) is 29.7 Å². The van der Waals surface area contributed by atoms with Gasteiger partial charge < -0.3 is 4.74 Å². The molecule has 31 heavy (non-hydrogen) atoms. The van der Waals surface area contributed by atoms with Gasteiger partial charge in [0.2, 0.25) is 0 Å². The molecular weight excluding hydrogens is 394 g/mol. The molecule has 0 saturated heterocycles. The molecule has 3 rings (SSSR count). The van der Waals surface area contributed by atoms with Crippen molar-refractivity contribution in [1.29, 1.82) is 0 Å². The van der Waals surface area contributed by atoms with Crippen molar-refractivity contribution in [1.82, 2.24) is 0 Å². The molecule has 1 aromatic rings. The Morgan fingerprint density at radius 3 is 2.29 bits per heavy atom. The SMILES string of the molecule is CC1CCC(C(C)C)C(OC(=O)[C@@H]2C[C@H]2c2ccc(F)c(F)c2)C1.CCCCCCC. The molecule has 2 saturated carbocycles. The van der Waals surface area contributed by atoms with Crippen LogP contribution in [0.1, 0.15) is 104 Å². The minimum absolute atomic E-state index is 0.00699. The topological polar surface area (TPSA) is 26.3 Å². The van der Waals surface area contributed by atoms with Gasteiger partial charge in [-0.2, -0.15) is 0 Å². The molecule has 0 spiro atoms. The second kappa shape index (κ2) is 12.6. The van der Waals surface area contributed by atoms with Gasteiger partial charge in [0.05, 0.1) is 5.92 Å². The van der Waals surface area contributed by atoms with Crippen molar-refractivity contribution >= 4 is 5.97 Å². The zero-order valence-electron chi connectivity index (χ0n) is 20.1. The van der Waals surface area contributed by atoms with Crippen molar-refractivity contribution in [3.63, 3.8) is 0 Å². The van der Waals surface area contributed by atoms with Crippen molar-refractivity contribution in [3.8, 4) is 0 Å². The van der Waals surface area contributed by atoms with Crippen molar-refractivity contribution < 1.29 is 18.3 Å². The Bertz CT molecular complexity index is 684. The second-order valence-electron chi connectivity index (χ2n) is 9.98. The van der Waals surface area contributed by atoms with E-state index in [2.05, 4.69) is 34.6 Å². The largest absolute Gasteiger partial charge is 0.462 e. The van der Waals surface area contributed by atoms with Gasteiger partial charge in [-0.15, -0.1) is 0 Å². The summed E-state index contributed by atoms with van der Waals surface area (Å²) in [6.07, 6.45) is 10.9. The third-order valence-corrected chi connectivity index (χ3v) is 6.90. The van der Waals surface area contributed by atoms with E-state index in [0.717, 1.165) is 18.9 Å². The molecule has 2 aliphatic rings. The van der Waals surface area contributed by atoms with Gasteiger partial charge >= 0.3 is 5.97 Å². The van der Waals surface area contributed by atoms with E-state index in [1.165, 1.54) is 44.6 Å². The summed E-state index contributed by atoms with van der Waals surface area (Å²) < 4.78 is 32.3. The maximum absolute atomic E-state index is 13.4. The highest BCUT2D eigenvalue weighted by atomic mass is 19.2. The molecule has 0 N–H and O–H groups in total. The molecule has 2 aliphatic carbocycles. The summed E-state index contributed by atoms with van der Waals surface area (Å²) in [4.78, 5) is 12.5. The molecule has 1 aromatic carbocycles. The van der Waals surface area contributed by atoms with Gasteiger partial charge in [-0.1, -0.05) is 79.2 Å². The van der Waals surface area contributed by atoms with E-state index >= 15 is 0 Å². The van der Waals surface area contributed by atoms with Crippen LogP contribution < -0.4 is 0 Å². The third-order valence-electron chi connectivity index (χ3n) is 6.90. The molecule has 5 atom stereocenters. The van der Waals surface area contributed by atoms with Crippen molar-refractivity contribution in [2.24, 2.45) is 23.7 Å². The van der Waals surface area contributed by atoms with E-state index in [-0.39, 0.29) is 23.9 Å². The Kier molecular flexibility index (Phi) is 10.4. The van der Waals surface area contributed by atoms with Crippen LogP contribution in [-0.4, -0.2) is 12.1 Å². The van der Waals surface area contributed by atoms with E-state index in [4.69, 9.17) is 4.74 Å². The molecule has 176 valence electrons. The highest BCUT2D eigenvalue weighted by Gasteiger charge is 2.47. The fourth-order valence-corrected chi connectivity index (χ4v) is 4.73. The fraction of sp³-hybridized carbons (Fsp3) is 0.741. The third kappa shape index (κ3) is 7.88. The summed E-state index contributed by atoms with van der Waals surface area (Å²) in [6, 6.07) is 3.89. The molecule has 0 radical (unpaired) electrons. The number of hydrogen-bond acceptors (Lipinski definition) is 2. The van der Waals surface area contributed by atoms with Crippen LogP contribution in [0.2, 0.25) is 0 Å². The summed E-state index contributed by atoms with van der Waals surface area (Å²) in [5.41, 5.74) is 0.688. The van der Waals surface area contributed by atoms with E-state index in [1.54, 1.807) is 6.07 Å². The molecule has 0 bridgehead atoms. The molecule has 2 fully saturated rings. The smallest absolute Gasteiger partial charge is 0.309 e. The number of esters is 1. The second-order valence-corrected chi connectivity index (χ2v) is 9.98. The lowest BCUT2D eigenvalue weighted by Crippen LogP contribution is -2.36. The van der Waals surface area contributed by atoms with Gasteiger partial charge in [0.25, 0.3) is 0 Å². The molecule has 0 amide bonds. The zero-order chi connectivity index (χ0) is 23.0. The molecule has 2 nitrogen and oxygen atoms in total. The predicted molar refractivity (Wildman–Crippen MR) is 123 cm³/mol. The number of benzene rings is 1. The first-order valence-corrected chi connectivity index (χ1v) is 12.4. The van der Waals surface area contributed by atoms with E-state index in [1.807, 2.05) is 0 Å². The highest BCUT2D eigenvalue weighted by Crippen LogP contribution is 2.49. The minimum atomic E-state index is -0.854. The van der Waals surface area contributed by atoms with Gasteiger partial charge in [-0.3, -0.25) is 4.79 Å². The first-order valence-electron chi connectivity index (χ1n) is 12.4. The van der Waals surface area contributed by atoms with Crippen LogP contribution in [-0.2, 0) is 9.53 Å². The lowest BCUT2D eigenvalue weighted by molar-refractivity contribution is -0.157. The number of hydrogen-bond donors (Lipinski definition) is 0. The predicted octanol–water partition coefficient (Wildman–Crippen LogP) is 8.05. The molecular formula is C27H42F2O2. The molecule has 0 heterocycles. The highest BCUT2D eigenvalue weighted by molar-refractivity contribution is 5.77. The molecule has 4 heteroatoms. The number of carbonyl (C=O) groups excluding carboxylic acids is 1. The van der Waals surface area contributed by atoms with Gasteiger partial charge in [0, 0.05) is 0 Å². The van der Waals surface area contributed by atoms with Crippen LogP contribution in [0, 0.1) is 35.3 Å². The molecule has 0 aromatic heterocycles. The van der Waals surface area contributed by atoms with Gasteiger partial charge in [-0.05, 0) is 60.6 Å². The number of unbranched alkanes of at least 4 members (excludes halogenated alkanes) is 4. The number of ether oxygens (including phenoxy) is 1.